The van der Waals surface area contributed by atoms with Crippen LogP contribution in [-0.2, 0) is 0 Å². The van der Waals surface area contributed by atoms with Gasteiger partial charge in [0.1, 0.15) is 5.82 Å². The summed E-state index contributed by atoms with van der Waals surface area (Å²) in [5, 5.41) is 9.01. The van der Waals surface area contributed by atoms with Gasteiger partial charge in [0.15, 0.2) is 0 Å². The first-order valence-electron chi connectivity index (χ1n) is 6.34. The number of aryl methyl sites for hydroxylation is 2. The molecule has 0 aliphatic heterocycles. The van der Waals surface area contributed by atoms with Crippen LogP contribution in [-0.4, -0.2) is 20.5 Å². The van der Waals surface area contributed by atoms with Crippen LogP contribution in [0.4, 0.5) is 0 Å². The standard InChI is InChI=1S/C16H14N2O2/c1-10-3-4-14(11(2)7-10)15-17-9-13-8-12(16(19)20)5-6-18(13)15/h3-9H,1-2H3,(H,19,20). The van der Waals surface area contributed by atoms with Crippen molar-refractivity contribution < 1.29 is 9.90 Å². The number of rotatable bonds is 2. The van der Waals surface area contributed by atoms with Crippen LogP contribution in [0.2, 0.25) is 0 Å². The largest absolute Gasteiger partial charge is 0.478 e. The predicted molar refractivity (Wildman–Crippen MR) is 77.1 cm³/mol. The van der Waals surface area contributed by atoms with Crippen LogP contribution in [0.1, 0.15) is 21.5 Å². The van der Waals surface area contributed by atoms with Gasteiger partial charge in [-0.3, -0.25) is 4.40 Å². The Balaban J connectivity index is 2.20. The molecule has 0 atom stereocenters. The quantitative estimate of drug-likeness (QED) is 0.774. The molecule has 0 saturated carbocycles. The Morgan fingerprint density at radius 3 is 2.70 bits per heavy atom. The summed E-state index contributed by atoms with van der Waals surface area (Å²) in [4.78, 5) is 15.4. The highest BCUT2D eigenvalue weighted by atomic mass is 16.4. The molecule has 2 aromatic heterocycles. The van der Waals surface area contributed by atoms with E-state index in [1.807, 2.05) is 10.5 Å². The molecule has 4 nitrogen and oxygen atoms in total. The molecule has 100 valence electrons. The van der Waals surface area contributed by atoms with E-state index in [9.17, 15) is 4.79 Å². The number of hydrogen-bond acceptors (Lipinski definition) is 2. The van der Waals surface area contributed by atoms with Crippen molar-refractivity contribution in [3.63, 3.8) is 0 Å². The number of carboxylic acids is 1. The van der Waals surface area contributed by atoms with Crippen LogP contribution in [0.15, 0.2) is 42.7 Å². The van der Waals surface area contributed by atoms with Crippen molar-refractivity contribution in [2.75, 3.05) is 0 Å². The third-order valence-corrected chi connectivity index (χ3v) is 3.40. The van der Waals surface area contributed by atoms with E-state index in [4.69, 9.17) is 5.11 Å². The van der Waals surface area contributed by atoms with Crippen LogP contribution in [0.25, 0.3) is 16.9 Å². The van der Waals surface area contributed by atoms with Crippen LogP contribution in [0, 0.1) is 13.8 Å². The van der Waals surface area contributed by atoms with E-state index < -0.39 is 5.97 Å². The van der Waals surface area contributed by atoms with Gasteiger partial charge in [0.25, 0.3) is 0 Å². The molecule has 0 spiro atoms. The third-order valence-electron chi connectivity index (χ3n) is 3.40. The monoisotopic (exact) mass is 266 g/mol. The predicted octanol–water partition coefficient (Wildman–Crippen LogP) is 3.32. The topological polar surface area (TPSA) is 54.6 Å². The molecule has 0 bridgehead atoms. The van der Waals surface area contributed by atoms with E-state index >= 15 is 0 Å². The number of benzene rings is 1. The molecule has 0 aliphatic rings. The fourth-order valence-corrected chi connectivity index (χ4v) is 2.40. The lowest BCUT2D eigenvalue weighted by Gasteiger charge is -2.06. The number of aromatic carboxylic acids is 1. The van der Waals surface area contributed by atoms with Gasteiger partial charge in [0.05, 0.1) is 17.3 Å². The highest BCUT2D eigenvalue weighted by Gasteiger charge is 2.11. The van der Waals surface area contributed by atoms with Crippen LogP contribution < -0.4 is 0 Å². The molecule has 3 aromatic rings. The summed E-state index contributed by atoms with van der Waals surface area (Å²) in [5.41, 5.74) is 4.46. The van der Waals surface area contributed by atoms with E-state index in [1.165, 1.54) is 5.56 Å². The molecule has 1 aromatic carbocycles. The van der Waals surface area contributed by atoms with Gasteiger partial charge in [-0.2, -0.15) is 0 Å². The highest BCUT2D eigenvalue weighted by Crippen LogP contribution is 2.24. The molecule has 0 aliphatic carbocycles. The Bertz CT molecular complexity index is 818. The third kappa shape index (κ3) is 1.95. The maximum absolute atomic E-state index is 11.0. The smallest absolute Gasteiger partial charge is 0.335 e. The van der Waals surface area contributed by atoms with Gasteiger partial charge in [-0.05, 0) is 31.5 Å². The highest BCUT2D eigenvalue weighted by molar-refractivity contribution is 5.89. The second-order valence-electron chi connectivity index (χ2n) is 4.92. The van der Waals surface area contributed by atoms with Gasteiger partial charge < -0.3 is 5.11 Å². The van der Waals surface area contributed by atoms with E-state index in [1.54, 1.807) is 24.5 Å². The minimum atomic E-state index is -0.929. The summed E-state index contributed by atoms with van der Waals surface area (Å²) >= 11 is 0. The molecule has 20 heavy (non-hydrogen) atoms. The molecule has 2 heterocycles. The number of fused-ring (bicyclic) bond motifs is 1. The summed E-state index contributed by atoms with van der Waals surface area (Å²) < 4.78 is 1.91. The van der Waals surface area contributed by atoms with Crippen molar-refractivity contribution in [2.24, 2.45) is 0 Å². The van der Waals surface area contributed by atoms with Gasteiger partial charge >= 0.3 is 5.97 Å². The second kappa shape index (κ2) is 4.49. The van der Waals surface area contributed by atoms with Crippen LogP contribution >= 0.6 is 0 Å². The Labute approximate surface area is 116 Å². The van der Waals surface area contributed by atoms with Crippen molar-refractivity contribution in [2.45, 2.75) is 13.8 Å². The van der Waals surface area contributed by atoms with Crippen LogP contribution in [0.3, 0.4) is 0 Å². The molecule has 3 rings (SSSR count). The molecule has 0 fully saturated rings. The van der Waals surface area contributed by atoms with Crippen molar-refractivity contribution >= 4 is 11.5 Å². The summed E-state index contributed by atoms with van der Waals surface area (Å²) in [6.07, 6.45) is 3.45. The normalized spacial score (nSPS) is 10.9. The molecule has 1 N–H and O–H groups in total. The van der Waals surface area contributed by atoms with Gasteiger partial charge in [0.2, 0.25) is 0 Å². The van der Waals surface area contributed by atoms with Gasteiger partial charge in [-0.25, -0.2) is 9.78 Å². The number of carbonyl (C=O) groups is 1. The average Bonchev–Trinajstić information content (AvgIpc) is 2.81. The Kier molecular flexibility index (Phi) is 2.79. The van der Waals surface area contributed by atoms with Crippen molar-refractivity contribution in [3.8, 4) is 11.4 Å². The Morgan fingerprint density at radius 2 is 2.00 bits per heavy atom. The average molecular weight is 266 g/mol. The zero-order valence-electron chi connectivity index (χ0n) is 11.3. The lowest BCUT2D eigenvalue weighted by Crippen LogP contribution is -1.98. The number of aromatic nitrogens is 2. The zero-order chi connectivity index (χ0) is 14.3. The van der Waals surface area contributed by atoms with E-state index in [-0.39, 0.29) is 5.56 Å². The van der Waals surface area contributed by atoms with Crippen LogP contribution in [0.5, 0.6) is 0 Å². The Morgan fingerprint density at radius 1 is 1.20 bits per heavy atom. The first-order valence-corrected chi connectivity index (χ1v) is 6.34. The minimum Gasteiger partial charge on any atom is -0.478 e. The SMILES string of the molecule is Cc1ccc(-c2ncc3cc(C(=O)O)ccn23)c(C)c1. The van der Waals surface area contributed by atoms with Crippen molar-refractivity contribution in [1.29, 1.82) is 0 Å². The summed E-state index contributed by atoms with van der Waals surface area (Å²) in [5.74, 6) is -0.101. The van der Waals surface area contributed by atoms with Gasteiger partial charge in [0, 0.05) is 11.8 Å². The Hall–Kier alpha value is -2.62. The number of nitrogens with zero attached hydrogens (tertiary/aromatic N) is 2. The molecule has 0 unspecified atom stereocenters. The van der Waals surface area contributed by atoms with E-state index in [2.05, 4.69) is 31.0 Å². The first kappa shape index (κ1) is 12.4. The zero-order valence-corrected chi connectivity index (χ0v) is 11.3. The number of carboxylic acid groups (broad SMARTS) is 1. The van der Waals surface area contributed by atoms with Crippen molar-refractivity contribution in [3.05, 3.63) is 59.4 Å². The summed E-state index contributed by atoms with van der Waals surface area (Å²) in [7, 11) is 0. The first-order chi connectivity index (χ1) is 9.56. The van der Waals surface area contributed by atoms with E-state index in [0.29, 0.717) is 0 Å². The van der Waals surface area contributed by atoms with Gasteiger partial charge in [-0.15, -0.1) is 0 Å². The van der Waals surface area contributed by atoms with Gasteiger partial charge in [-0.1, -0.05) is 23.8 Å². The fraction of sp³-hybridized carbons (Fsp3) is 0.125. The lowest BCUT2D eigenvalue weighted by atomic mass is 10.1. The molecule has 0 amide bonds. The minimum absolute atomic E-state index is 0.268. The van der Waals surface area contributed by atoms with Crippen molar-refractivity contribution in [1.82, 2.24) is 9.38 Å². The van der Waals surface area contributed by atoms with E-state index in [0.717, 1.165) is 22.5 Å². The molecule has 4 heteroatoms. The molecular formula is C16H14N2O2. The summed E-state index contributed by atoms with van der Waals surface area (Å²) in [6, 6.07) is 9.42. The molecule has 0 radical (unpaired) electrons. The maximum Gasteiger partial charge on any atom is 0.335 e. The lowest BCUT2D eigenvalue weighted by molar-refractivity contribution is 0.0697. The number of imidazole rings is 1. The fourth-order valence-electron chi connectivity index (χ4n) is 2.40. The molecule has 0 saturated heterocycles. The summed E-state index contributed by atoms with van der Waals surface area (Å²) in [6.45, 7) is 4.11. The second-order valence-corrected chi connectivity index (χ2v) is 4.92. The molecular weight excluding hydrogens is 252 g/mol. The maximum atomic E-state index is 11.0. The number of pyridine rings is 1. The number of hydrogen-bond donors (Lipinski definition) is 1.